The van der Waals surface area contributed by atoms with Gasteiger partial charge in [-0.1, -0.05) is 34.8 Å². The lowest BCUT2D eigenvalue weighted by molar-refractivity contribution is 0.144. The van der Waals surface area contributed by atoms with E-state index in [0.29, 0.717) is 6.61 Å². The van der Waals surface area contributed by atoms with E-state index in [9.17, 15) is 9.90 Å². The Morgan fingerprint density at radius 2 is 2.14 bits per heavy atom. The standard InChI is InChI=1S/C7H12Cl3NO3/c1-2-14-6(13)11-4-3-5(12)7(8,9)10/h5,12H,2-4H2,1H3,(H,11,13). The quantitative estimate of drug-likeness (QED) is 0.762. The van der Waals surface area contributed by atoms with Gasteiger partial charge in [0.25, 0.3) is 0 Å². The fraction of sp³-hybridized carbons (Fsp3) is 0.857. The van der Waals surface area contributed by atoms with Gasteiger partial charge in [0, 0.05) is 6.54 Å². The van der Waals surface area contributed by atoms with Gasteiger partial charge in [0.05, 0.1) is 6.61 Å². The lowest BCUT2D eigenvalue weighted by Gasteiger charge is -2.18. The van der Waals surface area contributed by atoms with Crippen LogP contribution in [0.15, 0.2) is 0 Å². The van der Waals surface area contributed by atoms with E-state index in [1.54, 1.807) is 6.92 Å². The molecular weight excluding hydrogens is 252 g/mol. The monoisotopic (exact) mass is 263 g/mol. The first kappa shape index (κ1) is 14.1. The topological polar surface area (TPSA) is 58.6 Å². The van der Waals surface area contributed by atoms with Crippen molar-refractivity contribution in [2.24, 2.45) is 0 Å². The van der Waals surface area contributed by atoms with Gasteiger partial charge in [-0.15, -0.1) is 0 Å². The molecule has 4 nitrogen and oxygen atoms in total. The highest BCUT2D eigenvalue weighted by molar-refractivity contribution is 6.68. The van der Waals surface area contributed by atoms with E-state index in [-0.39, 0.29) is 13.0 Å². The summed E-state index contributed by atoms with van der Waals surface area (Å²) in [5.41, 5.74) is 0. The first-order chi connectivity index (χ1) is 6.38. The number of aliphatic hydroxyl groups is 1. The maximum absolute atomic E-state index is 10.8. The van der Waals surface area contributed by atoms with Crippen LogP contribution in [0.5, 0.6) is 0 Å². The molecule has 0 saturated carbocycles. The zero-order valence-corrected chi connectivity index (χ0v) is 9.86. The fourth-order valence-corrected chi connectivity index (χ4v) is 0.984. The molecule has 0 aromatic rings. The van der Waals surface area contributed by atoms with Crippen molar-refractivity contribution < 1.29 is 14.6 Å². The third kappa shape index (κ3) is 6.54. The molecule has 0 aliphatic carbocycles. The zero-order chi connectivity index (χ0) is 11.2. The Labute approximate surface area is 97.5 Å². The van der Waals surface area contributed by atoms with Crippen molar-refractivity contribution in [3.8, 4) is 0 Å². The van der Waals surface area contributed by atoms with Crippen LogP contribution in [-0.4, -0.2) is 34.2 Å². The summed E-state index contributed by atoms with van der Waals surface area (Å²) in [6.07, 6.45) is -1.52. The van der Waals surface area contributed by atoms with Crippen molar-refractivity contribution in [1.82, 2.24) is 5.32 Å². The number of aliphatic hydroxyl groups excluding tert-OH is 1. The maximum atomic E-state index is 10.8. The average Bonchev–Trinajstić information content (AvgIpc) is 2.02. The van der Waals surface area contributed by atoms with Gasteiger partial charge >= 0.3 is 6.09 Å². The Balaban J connectivity index is 3.59. The molecule has 0 rings (SSSR count). The second-order valence-electron chi connectivity index (χ2n) is 2.49. The number of rotatable bonds is 4. The van der Waals surface area contributed by atoms with E-state index in [2.05, 4.69) is 10.1 Å². The molecule has 2 N–H and O–H groups in total. The Hall–Kier alpha value is 0.1000. The SMILES string of the molecule is CCOC(=O)NCCC(O)C(Cl)(Cl)Cl. The van der Waals surface area contributed by atoms with Gasteiger partial charge in [0.1, 0.15) is 6.10 Å². The molecule has 0 bridgehead atoms. The molecule has 0 aliphatic rings. The molecule has 14 heavy (non-hydrogen) atoms. The van der Waals surface area contributed by atoms with E-state index in [1.165, 1.54) is 0 Å². The van der Waals surface area contributed by atoms with Gasteiger partial charge in [0.15, 0.2) is 0 Å². The van der Waals surface area contributed by atoms with Gasteiger partial charge in [-0.2, -0.15) is 0 Å². The van der Waals surface area contributed by atoms with Crippen LogP contribution in [0.4, 0.5) is 4.79 Å². The van der Waals surface area contributed by atoms with Crippen molar-refractivity contribution in [2.45, 2.75) is 23.2 Å². The molecule has 1 atom stereocenters. The summed E-state index contributed by atoms with van der Waals surface area (Å²) in [6.45, 7) is 2.17. The zero-order valence-electron chi connectivity index (χ0n) is 7.60. The molecule has 1 amide bonds. The predicted molar refractivity (Wildman–Crippen MR) is 55.9 cm³/mol. The highest BCUT2D eigenvalue weighted by Gasteiger charge is 2.30. The maximum Gasteiger partial charge on any atom is 0.407 e. The highest BCUT2D eigenvalue weighted by atomic mass is 35.6. The van der Waals surface area contributed by atoms with Crippen LogP contribution in [-0.2, 0) is 4.74 Å². The van der Waals surface area contributed by atoms with E-state index in [0.717, 1.165) is 0 Å². The molecule has 0 radical (unpaired) electrons. The predicted octanol–water partition coefficient (Wildman–Crippen LogP) is 1.85. The van der Waals surface area contributed by atoms with Crippen LogP contribution in [0.3, 0.4) is 0 Å². The number of halogens is 3. The Bertz CT molecular complexity index is 184. The number of carbonyl (C=O) groups excluding carboxylic acids is 1. The first-order valence-electron chi connectivity index (χ1n) is 4.03. The molecule has 1 unspecified atom stereocenters. The van der Waals surface area contributed by atoms with E-state index in [1.807, 2.05) is 0 Å². The number of alkyl carbamates (subject to hydrolysis) is 1. The second-order valence-corrected chi connectivity index (χ2v) is 4.86. The van der Waals surface area contributed by atoms with Crippen LogP contribution < -0.4 is 5.32 Å². The Kier molecular flexibility index (Phi) is 6.61. The second kappa shape index (κ2) is 6.56. The number of ether oxygens (including phenoxy) is 1. The third-order valence-electron chi connectivity index (χ3n) is 1.34. The average molecular weight is 265 g/mol. The largest absolute Gasteiger partial charge is 0.450 e. The van der Waals surface area contributed by atoms with Crippen LogP contribution in [0, 0.1) is 0 Å². The Morgan fingerprint density at radius 3 is 2.57 bits per heavy atom. The summed E-state index contributed by atoms with van der Waals surface area (Å²) in [5, 5.41) is 11.6. The van der Waals surface area contributed by atoms with E-state index < -0.39 is 16.0 Å². The lowest BCUT2D eigenvalue weighted by atomic mass is 10.3. The van der Waals surface area contributed by atoms with Crippen molar-refractivity contribution in [2.75, 3.05) is 13.2 Å². The molecule has 0 aromatic carbocycles. The van der Waals surface area contributed by atoms with Crippen LogP contribution in [0.25, 0.3) is 0 Å². The number of nitrogens with one attached hydrogen (secondary N) is 1. The molecule has 0 heterocycles. The third-order valence-corrected chi connectivity index (χ3v) is 2.10. The summed E-state index contributed by atoms with van der Waals surface area (Å²) in [7, 11) is 0. The lowest BCUT2D eigenvalue weighted by Crippen LogP contribution is -2.32. The van der Waals surface area contributed by atoms with Gasteiger partial charge in [-0.3, -0.25) is 0 Å². The molecular formula is C7H12Cl3NO3. The van der Waals surface area contributed by atoms with Crippen molar-refractivity contribution >= 4 is 40.9 Å². The molecule has 0 aromatic heterocycles. The van der Waals surface area contributed by atoms with Crippen molar-refractivity contribution in [1.29, 1.82) is 0 Å². The summed E-state index contributed by atoms with van der Waals surface area (Å²) < 4.78 is 2.85. The van der Waals surface area contributed by atoms with Crippen LogP contribution in [0.2, 0.25) is 0 Å². The van der Waals surface area contributed by atoms with Crippen molar-refractivity contribution in [3.63, 3.8) is 0 Å². The minimum atomic E-state index is -1.73. The Morgan fingerprint density at radius 1 is 1.57 bits per heavy atom. The molecule has 84 valence electrons. The van der Waals surface area contributed by atoms with Gasteiger partial charge in [-0.05, 0) is 13.3 Å². The molecule has 0 spiro atoms. The molecule has 0 saturated heterocycles. The smallest absolute Gasteiger partial charge is 0.407 e. The van der Waals surface area contributed by atoms with Gasteiger partial charge in [0.2, 0.25) is 3.79 Å². The van der Waals surface area contributed by atoms with Crippen molar-refractivity contribution in [3.05, 3.63) is 0 Å². The van der Waals surface area contributed by atoms with Gasteiger partial charge < -0.3 is 15.2 Å². The summed E-state index contributed by atoms with van der Waals surface area (Å²) in [6, 6.07) is 0. The van der Waals surface area contributed by atoms with E-state index >= 15 is 0 Å². The fourth-order valence-electron chi connectivity index (χ4n) is 0.657. The highest BCUT2D eigenvalue weighted by Crippen LogP contribution is 2.31. The molecule has 0 fully saturated rings. The van der Waals surface area contributed by atoms with Gasteiger partial charge in [-0.25, -0.2) is 4.79 Å². The van der Waals surface area contributed by atoms with Crippen LogP contribution >= 0.6 is 34.8 Å². The minimum absolute atomic E-state index is 0.148. The minimum Gasteiger partial charge on any atom is -0.450 e. The summed E-state index contributed by atoms with van der Waals surface area (Å²) in [5.74, 6) is 0. The number of hydrogen-bond acceptors (Lipinski definition) is 3. The number of carbonyl (C=O) groups is 1. The number of hydrogen-bond donors (Lipinski definition) is 2. The van der Waals surface area contributed by atoms with Crippen LogP contribution in [0.1, 0.15) is 13.3 Å². The van der Waals surface area contributed by atoms with E-state index in [4.69, 9.17) is 34.8 Å². The number of amides is 1. The molecule has 0 aliphatic heterocycles. The number of alkyl halides is 3. The first-order valence-corrected chi connectivity index (χ1v) is 5.16. The summed E-state index contributed by atoms with van der Waals surface area (Å²) in [4.78, 5) is 10.8. The molecule has 7 heteroatoms. The normalized spacial score (nSPS) is 13.5. The summed E-state index contributed by atoms with van der Waals surface area (Å²) >= 11 is 16.2.